The van der Waals surface area contributed by atoms with Gasteiger partial charge >= 0.3 is 6.09 Å². The average molecular weight is 415 g/mol. The molecule has 0 radical (unpaired) electrons. The van der Waals surface area contributed by atoms with Crippen LogP contribution in [0.15, 0.2) is 30.6 Å². The minimum Gasteiger partial charge on any atom is -0.465 e. The van der Waals surface area contributed by atoms with Crippen LogP contribution in [0.25, 0.3) is 0 Å². The number of hydrogen-bond donors (Lipinski definition) is 4. The first-order valence-electron chi connectivity index (χ1n) is 7.99. The lowest BCUT2D eigenvalue weighted by Gasteiger charge is -2.09. The van der Waals surface area contributed by atoms with E-state index < -0.39 is 16.1 Å². The highest BCUT2D eigenvalue weighted by molar-refractivity contribution is 7.88. The molecule has 27 heavy (non-hydrogen) atoms. The van der Waals surface area contributed by atoms with E-state index in [0.717, 1.165) is 0 Å². The second-order valence-corrected chi connectivity index (χ2v) is 7.64. The maximum Gasteiger partial charge on any atom is 0.404 e. The van der Waals surface area contributed by atoms with Gasteiger partial charge in [-0.25, -0.2) is 27.9 Å². The molecule has 1 heterocycles. The Kier molecular flexibility index (Phi) is 7.70. The van der Waals surface area contributed by atoms with Crippen LogP contribution in [0.2, 0.25) is 5.28 Å². The number of unbranched alkanes of at least 4 members (excludes halogenated alkanes) is 1. The zero-order chi connectivity index (χ0) is 19.7. The summed E-state index contributed by atoms with van der Waals surface area (Å²) in [4.78, 5) is 21.8. The topological polar surface area (TPSA) is 146 Å². The maximum atomic E-state index is 12.2. The quantitative estimate of drug-likeness (QED) is 0.430. The predicted molar refractivity (Wildman–Crippen MR) is 100 cm³/mol. The number of sulfonamides is 1. The third-order valence-corrected chi connectivity index (χ3v) is 4.82. The van der Waals surface area contributed by atoms with Crippen molar-refractivity contribution in [3.05, 3.63) is 41.4 Å². The van der Waals surface area contributed by atoms with Crippen molar-refractivity contribution in [2.75, 3.05) is 18.4 Å². The SMILES string of the molecule is O=C(O)NCCCCNS(=O)(=O)Cc1cccc(Nc2ncnc(Cl)n2)c1. The van der Waals surface area contributed by atoms with Crippen LogP contribution in [0.5, 0.6) is 0 Å². The summed E-state index contributed by atoms with van der Waals surface area (Å²) >= 11 is 5.70. The number of nitrogens with zero attached hydrogens (tertiary/aromatic N) is 3. The van der Waals surface area contributed by atoms with E-state index in [2.05, 4.69) is 30.3 Å². The number of halogens is 1. The fraction of sp³-hybridized carbons (Fsp3) is 0.333. The second kappa shape index (κ2) is 10.00. The number of rotatable bonds is 10. The van der Waals surface area contributed by atoms with E-state index >= 15 is 0 Å². The van der Waals surface area contributed by atoms with Crippen LogP contribution in [0.3, 0.4) is 0 Å². The molecule has 0 atom stereocenters. The van der Waals surface area contributed by atoms with Crippen LogP contribution in [-0.4, -0.2) is 47.7 Å². The Hall–Kier alpha value is -2.50. The molecule has 0 bridgehead atoms. The van der Waals surface area contributed by atoms with Crippen LogP contribution in [0.4, 0.5) is 16.4 Å². The van der Waals surface area contributed by atoms with Crippen molar-refractivity contribution in [3.8, 4) is 0 Å². The van der Waals surface area contributed by atoms with Gasteiger partial charge in [0.25, 0.3) is 0 Å². The fourth-order valence-corrected chi connectivity index (χ4v) is 3.45. The third-order valence-electron chi connectivity index (χ3n) is 3.28. The molecule has 146 valence electrons. The van der Waals surface area contributed by atoms with Gasteiger partial charge in [0.05, 0.1) is 5.75 Å². The number of nitrogens with one attached hydrogen (secondary N) is 3. The molecular formula is C15H19ClN6O4S. The van der Waals surface area contributed by atoms with Crippen molar-refractivity contribution in [2.24, 2.45) is 0 Å². The molecule has 0 saturated heterocycles. The van der Waals surface area contributed by atoms with E-state index in [1.165, 1.54) is 6.33 Å². The zero-order valence-corrected chi connectivity index (χ0v) is 15.8. The lowest BCUT2D eigenvalue weighted by Crippen LogP contribution is -2.27. The first kappa shape index (κ1) is 20.8. The molecule has 0 spiro atoms. The fourth-order valence-electron chi connectivity index (χ4n) is 2.15. The smallest absolute Gasteiger partial charge is 0.404 e. The van der Waals surface area contributed by atoms with Gasteiger partial charge in [-0.3, -0.25) is 0 Å². The third kappa shape index (κ3) is 8.15. The molecule has 1 aromatic carbocycles. The van der Waals surface area contributed by atoms with Crippen molar-refractivity contribution in [2.45, 2.75) is 18.6 Å². The predicted octanol–water partition coefficient (Wildman–Crippen LogP) is 1.74. The van der Waals surface area contributed by atoms with Gasteiger partial charge in [0.15, 0.2) is 0 Å². The van der Waals surface area contributed by atoms with E-state index in [9.17, 15) is 13.2 Å². The number of carbonyl (C=O) groups is 1. The Morgan fingerprint density at radius 2 is 1.96 bits per heavy atom. The van der Waals surface area contributed by atoms with Crippen LogP contribution in [-0.2, 0) is 15.8 Å². The first-order chi connectivity index (χ1) is 12.8. The number of hydrogen-bond acceptors (Lipinski definition) is 7. The maximum absolute atomic E-state index is 12.2. The largest absolute Gasteiger partial charge is 0.465 e. The Labute approximate surface area is 161 Å². The molecule has 0 unspecified atom stereocenters. The Morgan fingerprint density at radius 3 is 2.70 bits per heavy atom. The molecule has 0 fully saturated rings. The van der Waals surface area contributed by atoms with Crippen LogP contribution in [0, 0.1) is 0 Å². The van der Waals surface area contributed by atoms with Gasteiger partial charge in [-0.1, -0.05) is 12.1 Å². The van der Waals surface area contributed by atoms with Gasteiger partial charge in [0.2, 0.25) is 21.3 Å². The van der Waals surface area contributed by atoms with Gasteiger partial charge in [-0.2, -0.15) is 4.98 Å². The molecule has 4 N–H and O–H groups in total. The first-order valence-corrected chi connectivity index (χ1v) is 10.0. The zero-order valence-electron chi connectivity index (χ0n) is 14.2. The van der Waals surface area contributed by atoms with Crippen molar-refractivity contribution in [1.29, 1.82) is 0 Å². The van der Waals surface area contributed by atoms with E-state index in [1.54, 1.807) is 24.3 Å². The molecule has 0 aliphatic carbocycles. The standard InChI is InChI=1S/C15H19ClN6O4S/c16-13-18-10-19-14(22-13)21-12-5-3-4-11(8-12)9-27(25,26)20-7-2-1-6-17-15(23)24/h3-5,8,10,17,20H,1-2,6-7,9H2,(H,23,24)(H,18,19,21,22). The highest BCUT2D eigenvalue weighted by Gasteiger charge is 2.11. The van der Waals surface area contributed by atoms with Gasteiger partial charge in [-0.15, -0.1) is 0 Å². The summed E-state index contributed by atoms with van der Waals surface area (Å²) in [6.45, 7) is 0.525. The van der Waals surface area contributed by atoms with E-state index in [-0.39, 0.29) is 30.1 Å². The summed E-state index contributed by atoms with van der Waals surface area (Å²) in [6, 6.07) is 6.83. The molecule has 10 nitrogen and oxygen atoms in total. The van der Waals surface area contributed by atoms with E-state index in [1.807, 2.05) is 0 Å². The van der Waals surface area contributed by atoms with Gasteiger partial charge in [0, 0.05) is 18.8 Å². The molecule has 0 saturated carbocycles. The molecule has 1 amide bonds. The van der Waals surface area contributed by atoms with Crippen LogP contribution < -0.4 is 15.4 Å². The lowest BCUT2D eigenvalue weighted by molar-refractivity contribution is 0.194. The minimum atomic E-state index is -3.51. The number of anilines is 2. The Balaban J connectivity index is 1.86. The monoisotopic (exact) mass is 414 g/mol. The van der Waals surface area contributed by atoms with Crippen LogP contribution in [0.1, 0.15) is 18.4 Å². The molecule has 12 heteroatoms. The van der Waals surface area contributed by atoms with Crippen molar-refractivity contribution < 1.29 is 18.3 Å². The summed E-state index contributed by atoms with van der Waals surface area (Å²) in [6.07, 6.45) is 1.25. The summed E-state index contributed by atoms with van der Waals surface area (Å²) < 4.78 is 26.8. The van der Waals surface area contributed by atoms with Gasteiger partial charge in [0.1, 0.15) is 6.33 Å². The van der Waals surface area contributed by atoms with E-state index in [4.69, 9.17) is 16.7 Å². The lowest BCUT2D eigenvalue weighted by atomic mass is 10.2. The molecule has 2 rings (SSSR count). The summed E-state index contributed by atoms with van der Waals surface area (Å²) in [7, 11) is -3.51. The molecule has 0 aliphatic heterocycles. The van der Waals surface area contributed by atoms with Crippen molar-refractivity contribution in [1.82, 2.24) is 25.0 Å². The van der Waals surface area contributed by atoms with Gasteiger partial charge < -0.3 is 15.7 Å². The normalized spacial score (nSPS) is 11.1. The Bertz CT molecular complexity index is 880. The number of benzene rings is 1. The number of carboxylic acid groups (broad SMARTS) is 1. The number of aromatic nitrogens is 3. The Morgan fingerprint density at radius 1 is 1.19 bits per heavy atom. The summed E-state index contributed by atoms with van der Waals surface area (Å²) in [5, 5.41) is 13.6. The van der Waals surface area contributed by atoms with Crippen molar-refractivity contribution >= 4 is 39.4 Å². The van der Waals surface area contributed by atoms with E-state index in [0.29, 0.717) is 24.1 Å². The molecule has 1 aromatic heterocycles. The van der Waals surface area contributed by atoms with Crippen molar-refractivity contribution in [3.63, 3.8) is 0 Å². The molecular weight excluding hydrogens is 396 g/mol. The highest BCUT2D eigenvalue weighted by Crippen LogP contribution is 2.16. The number of amides is 1. The minimum absolute atomic E-state index is 0.0500. The summed E-state index contributed by atoms with van der Waals surface area (Å²) in [5.41, 5.74) is 1.20. The summed E-state index contributed by atoms with van der Waals surface area (Å²) in [5.74, 6) is 0.0662. The second-order valence-electron chi connectivity index (χ2n) is 5.50. The molecule has 2 aromatic rings. The molecule has 0 aliphatic rings. The average Bonchev–Trinajstić information content (AvgIpc) is 2.57. The van der Waals surface area contributed by atoms with Crippen LogP contribution >= 0.6 is 11.6 Å². The van der Waals surface area contributed by atoms with Gasteiger partial charge in [-0.05, 0) is 42.1 Å². The highest BCUT2D eigenvalue weighted by atomic mass is 35.5.